The van der Waals surface area contributed by atoms with Crippen molar-refractivity contribution < 1.29 is 28.6 Å². The SMILES string of the molecule is CCOc1ccc([C@H]2CC(=O)Nc3c2sc(C(=O)O)c3-c2cccc(F)c2)cc1OCC. The predicted octanol–water partition coefficient (Wildman–Crippen LogP) is 5.52. The molecule has 0 spiro atoms. The number of fused-ring (bicyclic) bond motifs is 1. The van der Waals surface area contributed by atoms with Crippen molar-refractivity contribution in [2.24, 2.45) is 0 Å². The molecule has 0 radical (unpaired) electrons. The van der Waals surface area contributed by atoms with Crippen molar-refractivity contribution in [2.45, 2.75) is 26.2 Å². The van der Waals surface area contributed by atoms with Gasteiger partial charge >= 0.3 is 5.97 Å². The summed E-state index contributed by atoms with van der Waals surface area (Å²) < 4.78 is 25.3. The smallest absolute Gasteiger partial charge is 0.346 e. The topological polar surface area (TPSA) is 84.9 Å². The molecule has 0 bridgehead atoms. The Balaban J connectivity index is 1.87. The number of ether oxygens (including phenoxy) is 2. The fourth-order valence-electron chi connectivity index (χ4n) is 3.91. The first-order valence-electron chi connectivity index (χ1n) is 10.3. The molecule has 1 amide bonds. The van der Waals surface area contributed by atoms with Crippen LogP contribution in [0.3, 0.4) is 0 Å². The van der Waals surface area contributed by atoms with Gasteiger partial charge in [0.15, 0.2) is 11.5 Å². The number of carboxylic acids is 1. The number of anilines is 1. The summed E-state index contributed by atoms with van der Waals surface area (Å²) in [6.07, 6.45) is 0.161. The second-order valence-electron chi connectivity index (χ2n) is 7.24. The minimum absolute atomic E-state index is 0.0590. The van der Waals surface area contributed by atoms with E-state index in [1.54, 1.807) is 12.1 Å². The number of amides is 1. The molecule has 2 aromatic carbocycles. The van der Waals surface area contributed by atoms with Crippen LogP contribution in [0.1, 0.15) is 46.3 Å². The minimum atomic E-state index is -1.13. The summed E-state index contributed by atoms with van der Waals surface area (Å²) in [5.74, 6) is -1.03. The second-order valence-corrected chi connectivity index (χ2v) is 8.29. The van der Waals surface area contributed by atoms with Crippen LogP contribution in [-0.2, 0) is 4.79 Å². The number of rotatable bonds is 7. The molecule has 6 nitrogen and oxygen atoms in total. The Morgan fingerprint density at radius 1 is 1.16 bits per heavy atom. The number of carboxylic acid groups (broad SMARTS) is 1. The molecule has 0 aliphatic carbocycles. The standard InChI is InChI=1S/C24H22FNO5S/c1-3-30-17-9-8-13(11-18(17)31-4-2)16-12-19(27)26-21-20(14-6-5-7-15(25)10-14)23(24(28)29)32-22(16)21/h5-11,16H,3-4,12H2,1-2H3,(H,26,27)(H,28,29)/t16-/m1/s1. The maximum absolute atomic E-state index is 13.9. The first-order chi connectivity index (χ1) is 15.4. The van der Waals surface area contributed by atoms with Crippen molar-refractivity contribution in [1.82, 2.24) is 0 Å². The third-order valence-electron chi connectivity index (χ3n) is 5.18. The van der Waals surface area contributed by atoms with Gasteiger partial charge in [-0.2, -0.15) is 0 Å². The van der Waals surface area contributed by atoms with Gasteiger partial charge in [0, 0.05) is 22.8 Å². The van der Waals surface area contributed by atoms with Gasteiger partial charge in [-0.1, -0.05) is 18.2 Å². The zero-order chi connectivity index (χ0) is 22.8. The monoisotopic (exact) mass is 455 g/mol. The van der Waals surface area contributed by atoms with E-state index in [1.807, 2.05) is 26.0 Å². The Labute approximate surface area is 188 Å². The van der Waals surface area contributed by atoms with E-state index in [0.29, 0.717) is 46.4 Å². The summed E-state index contributed by atoms with van der Waals surface area (Å²) in [5, 5.41) is 12.7. The number of carbonyl (C=O) groups is 2. The van der Waals surface area contributed by atoms with Crippen molar-refractivity contribution in [3.05, 3.63) is 63.6 Å². The third kappa shape index (κ3) is 4.05. The first kappa shape index (κ1) is 21.8. The number of benzene rings is 2. The van der Waals surface area contributed by atoms with Crippen molar-refractivity contribution in [3.63, 3.8) is 0 Å². The van der Waals surface area contributed by atoms with Gasteiger partial charge in [0.2, 0.25) is 5.91 Å². The molecule has 3 aromatic rings. The summed E-state index contributed by atoms with van der Waals surface area (Å²) in [6, 6.07) is 11.2. The van der Waals surface area contributed by atoms with Gasteiger partial charge in [0.05, 0.1) is 18.9 Å². The Morgan fingerprint density at radius 2 is 1.91 bits per heavy atom. The van der Waals surface area contributed by atoms with E-state index in [4.69, 9.17) is 9.47 Å². The quantitative estimate of drug-likeness (QED) is 0.490. The van der Waals surface area contributed by atoms with Gasteiger partial charge in [-0.25, -0.2) is 9.18 Å². The fourth-order valence-corrected chi connectivity index (χ4v) is 5.16. The number of halogens is 1. The molecule has 2 N–H and O–H groups in total. The maximum Gasteiger partial charge on any atom is 0.346 e. The lowest BCUT2D eigenvalue weighted by Gasteiger charge is -2.24. The average Bonchev–Trinajstić information content (AvgIpc) is 3.14. The van der Waals surface area contributed by atoms with Gasteiger partial charge < -0.3 is 19.9 Å². The van der Waals surface area contributed by atoms with Crippen LogP contribution in [0.5, 0.6) is 11.5 Å². The Bertz CT molecular complexity index is 1190. The largest absolute Gasteiger partial charge is 0.490 e. The van der Waals surface area contributed by atoms with Crippen molar-refractivity contribution in [3.8, 4) is 22.6 Å². The van der Waals surface area contributed by atoms with E-state index < -0.39 is 11.8 Å². The number of aromatic carboxylic acids is 1. The molecule has 166 valence electrons. The van der Waals surface area contributed by atoms with Crippen molar-refractivity contribution in [1.29, 1.82) is 0 Å². The highest BCUT2D eigenvalue weighted by atomic mass is 32.1. The Hall–Kier alpha value is -3.39. The van der Waals surface area contributed by atoms with E-state index in [-0.39, 0.29) is 23.1 Å². The van der Waals surface area contributed by atoms with Crippen LogP contribution < -0.4 is 14.8 Å². The Kier molecular flexibility index (Phi) is 6.14. The molecule has 4 rings (SSSR count). The summed E-state index contributed by atoms with van der Waals surface area (Å²) in [4.78, 5) is 25.5. The molecule has 0 saturated heterocycles. The van der Waals surface area contributed by atoms with Crippen LogP contribution >= 0.6 is 11.3 Å². The molecule has 2 heterocycles. The minimum Gasteiger partial charge on any atom is -0.490 e. The summed E-state index contributed by atoms with van der Waals surface area (Å²) in [6.45, 7) is 4.69. The average molecular weight is 456 g/mol. The van der Waals surface area contributed by atoms with Gasteiger partial charge in [0.1, 0.15) is 10.7 Å². The highest BCUT2D eigenvalue weighted by Gasteiger charge is 2.35. The molecular weight excluding hydrogens is 433 g/mol. The normalized spacial score (nSPS) is 15.1. The fraction of sp³-hybridized carbons (Fsp3) is 0.250. The van der Waals surface area contributed by atoms with Gasteiger partial charge in [-0.05, 0) is 49.2 Å². The van der Waals surface area contributed by atoms with E-state index in [0.717, 1.165) is 16.9 Å². The highest BCUT2D eigenvalue weighted by molar-refractivity contribution is 7.15. The Morgan fingerprint density at radius 3 is 2.59 bits per heavy atom. The van der Waals surface area contributed by atoms with E-state index in [9.17, 15) is 19.1 Å². The van der Waals surface area contributed by atoms with Crippen molar-refractivity contribution in [2.75, 3.05) is 18.5 Å². The maximum atomic E-state index is 13.9. The third-order valence-corrected chi connectivity index (χ3v) is 6.47. The molecule has 1 atom stereocenters. The molecule has 0 unspecified atom stereocenters. The molecule has 32 heavy (non-hydrogen) atoms. The van der Waals surface area contributed by atoms with E-state index in [1.165, 1.54) is 18.2 Å². The first-order valence-corrected chi connectivity index (χ1v) is 11.1. The molecular formula is C24H22FNO5S. The van der Waals surface area contributed by atoms with Crippen LogP contribution in [-0.4, -0.2) is 30.2 Å². The van der Waals surface area contributed by atoms with E-state index in [2.05, 4.69) is 5.32 Å². The molecule has 1 aromatic heterocycles. The summed E-state index contributed by atoms with van der Waals surface area (Å²) in [5.41, 5.74) is 1.97. The number of carbonyl (C=O) groups excluding carboxylic acids is 1. The predicted molar refractivity (Wildman–Crippen MR) is 121 cm³/mol. The van der Waals surface area contributed by atoms with Crippen LogP contribution in [0, 0.1) is 5.82 Å². The van der Waals surface area contributed by atoms with Crippen LogP contribution in [0.15, 0.2) is 42.5 Å². The number of thiophene rings is 1. The summed E-state index contributed by atoms with van der Waals surface area (Å²) in [7, 11) is 0. The number of hydrogen-bond donors (Lipinski definition) is 2. The van der Waals surface area contributed by atoms with Crippen LogP contribution in [0.4, 0.5) is 10.1 Å². The van der Waals surface area contributed by atoms with Crippen molar-refractivity contribution >= 4 is 28.9 Å². The molecule has 1 aliphatic rings. The number of hydrogen-bond acceptors (Lipinski definition) is 5. The zero-order valence-electron chi connectivity index (χ0n) is 17.6. The van der Waals surface area contributed by atoms with Gasteiger partial charge in [-0.3, -0.25) is 4.79 Å². The highest BCUT2D eigenvalue weighted by Crippen LogP contribution is 2.50. The second kappa shape index (κ2) is 9.00. The molecule has 0 saturated carbocycles. The van der Waals surface area contributed by atoms with Crippen LogP contribution in [0.2, 0.25) is 0 Å². The number of nitrogens with one attached hydrogen (secondary N) is 1. The lowest BCUT2D eigenvalue weighted by Crippen LogP contribution is -2.22. The van der Waals surface area contributed by atoms with E-state index >= 15 is 0 Å². The summed E-state index contributed by atoms with van der Waals surface area (Å²) >= 11 is 1.10. The lowest BCUT2D eigenvalue weighted by molar-refractivity contribution is -0.116. The lowest BCUT2D eigenvalue weighted by atomic mass is 9.88. The molecule has 0 fully saturated rings. The van der Waals surface area contributed by atoms with Gasteiger partial charge in [0.25, 0.3) is 0 Å². The van der Waals surface area contributed by atoms with Crippen LogP contribution in [0.25, 0.3) is 11.1 Å². The van der Waals surface area contributed by atoms with Gasteiger partial charge in [-0.15, -0.1) is 11.3 Å². The molecule has 1 aliphatic heterocycles. The zero-order valence-corrected chi connectivity index (χ0v) is 18.4. The molecule has 8 heteroatoms.